The average molecular weight is 499 g/mol. The molecular weight excluding hydrogens is 477 g/mol. The quantitative estimate of drug-likeness (QED) is 0.311. The summed E-state index contributed by atoms with van der Waals surface area (Å²) in [7, 11) is 1.78. The predicted octanol–water partition coefficient (Wildman–Crippen LogP) is 4.37. The number of hydrogen-bond donors (Lipinski definition) is 2. The van der Waals surface area contributed by atoms with Gasteiger partial charge < -0.3 is 10.6 Å². The molecule has 2 N–H and O–H groups in total. The first-order chi connectivity index (χ1) is 12.2. The van der Waals surface area contributed by atoms with Gasteiger partial charge in [0.05, 0.1) is 29.5 Å². The second-order valence-electron chi connectivity index (χ2n) is 5.51. The highest BCUT2D eigenvalue weighted by Crippen LogP contribution is 2.21. The maximum absolute atomic E-state index is 4.69. The second-order valence-corrected chi connectivity index (χ2v) is 7.74. The molecule has 8 heteroatoms. The van der Waals surface area contributed by atoms with Crippen LogP contribution >= 0.6 is 46.7 Å². The van der Waals surface area contributed by atoms with Crippen LogP contribution in [0, 0.1) is 13.8 Å². The minimum Gasteiger partial charge on any atom is -0.351 e. The molecule has 0 amide bonds. The zero-order valence-electron chi connectivity index (χ0n) is 14.9. The summed E-state index contributed by atoms with van der Waals surface area (Å²) in [6.45, 7) is 5.44. The molecule has 0 aliphatic heterocycles. The Morgan fingerprint density at radius 3 is 2.46 bits per heavy atom. The fourth-order valence-electron chi connectivity index (χ4n) is 2.42. The molecule has 3 rings (SSSR count). The Hall–Kier alpha value is -1.52. The highest BCUT2D eigenvalue weighted by atomic mass is 127. The van der Waals surface area contributed by atoms with Gasteiger partial charge in [-0.3, -0.25) is 4.99 Å². The van der Waals surface area contributed by atoms with Crippen molar-refractivity contribution in [1.82, 2.24) is 20.6 Å². The molecule has 0 spiro atoms. The molecule has 0 saturated carbocycles. The van der Waals surface area contributed by atoms with Gasteiger partial charge in [0.1, 0.15) is 5.01 Å². The average Bonchev–Trinajstić information content (AvgIpc) is 3.22. The number of benzene rings is 1. The van der Waals surface area contributed by atoms with Crippen molar-refractivity contribution in [3.05, 3.63) is 56.3 Å². The topological polar surface area (TPSA) is 62.2 Å². The van der Waals surface area contributed by atoms with Crippen LogP contribution in [0.5, 0.6) is 0 Å². The summed E-state index contributed by atoms with van der Waals surface area (Å²) in [4.78, 5) is 14.6. The van der Waals surface area contributed by atoms with E-state index in [0.717, 1.165) is 39.5 Å². The van der Waals surface area contributed by atoms with Crippen molar-refractivity contribution in [3.8, 4) is 11.3 Å². The third-order valence-electron chi connectivity index (χ3n) is 3.67. The number of nitrogens with one attached hydrogen (secondary N) is 2. The largest absolute Gasteiger partial charge is 0.351 e. The van der Waals surface area contributed by atoms with Gasteiger partial charge in [-0.25, -0.2) is 9.97 Å². The summed E-state index contributed by atoms with van der Waals surface area (Å²) in [6, 6.07) is 10.2. The van der Waals surface area contributed by atoms with Gasteiger partial charge in [0, 0.05) is 22.9 Å². The molecule has 0 aliphatic rings. The first-order valence-electron chi connectivity index (χ1n) is 8.03. The molecule has 0 fully saturated rings. The van der Waals surface area contributed by atoms with Gasteiger partial charge >= 0.3 is 0 Å². The number of rotatable bonds is 5. The zero-order chi connectivity index (χ0) is 17.6. The van der Waals surface area contributed by atoms with Crippen molar-refractivity contribution in [2.45, 2.75) is 26.9 Å². The summed E-state index contributed by atoms with van der Waals surface area (Å²) >= 11 is 3.37. The van der Waals surface area contributed by atoms with Gasteiger partial charge in [-0.1, -0.05) is 30.3 Å². The fraction of sp³-hybridized carbons (Fsp3) is 0.278. The van der Waals surface area contributed by atoms with Crippen LogP contribution in [0.1, 0.15) is 20.6 Å². The van der Waals surface area contributed by atoms with Crippen molar-refractivity contribution < 1.29 is 0 Å². The van der Waals surface area contributed by atoms with Gasteiger partial charge in [0.25, 0.3) is 0 Å². The normalized spacial score (nSPS) is 11.1. The Bertz CT molecular complexity index is 858. The molecular formula is C18H22IN5S2. The molecule has 0 atom stereocenters. The molecule has 0 unspecified atom stereocenters. The van der Waals surface area contributed by atoms with E-state index in [-0.39, 0.29) is 24.0 Å². The number of hydrogen-bond acceptors (Lipinski definition) is 5. The van der Waals surface area contributed by atoms with Crippen molar-refractivity contribution >= 4 is 52.6 Å². The van der Waals surface area contributed by atoms with E-state index in [1.54, 1.807) is 29.7 Å². The van der Waals surface area contributed by atoms with Crippen LogP contribution in [0.4, 0.5) is 0 Å². The molecule has 3 aromatic rings. The van der Waals surface area contributed by atoms with E-state index in [1.807, 2.05) is 32.0 Å². The number of aromatic nitrogens is 2. The third kappa shape index (κ3) is 5.49. The lowest BCUT2D eigenvalue weighted by atomic mass is 10.2. The summed E-state index contributed by atoms with van der Waals surface area (Å²) in [6.07, 6.45) is 0. The van der Waals surface area contributed by atoms with Crippen LogP contribution in [0.2, 0.25) is 0 Å². The Labute approximate surface area is 179 Å². The Kier molecular flexibility index (Phi) is 7.98. The first kappa shape index (κ1) is 20.8. The number of halogens is 1. The highest BCUT2D eigenvalue weighted by molar-refractivity contribution is 14.0. The lowest BCUT2D eigenvalue weighted by Gasteiger charge is -2.10. The molecule has 1 aromatic carbocycles. The van der Waals surface area contributed by atoms with Crippen LogP contribution in [-0.2, 0) is 13.1 Å². The smallest absolute Gasteiger partial charge is 0.191 e. The van der Waals surface area contributed by atoms with Gasteiger partial charge in [0.2, 0.25) is 0 Å². The Morgan fingerprint density at radius 1 is 1.08 bits per heavy atom. The number of guanidine groups is 1. The highest BCUT2D eigenvalue weighted by Gasteiger charge is 2.07. The van der Waals surface area contributed by atoms with Crippen LogP contribution in [-0.4, -0.2) is 23.0 Å². The Balaban J connectivity index is 0.00000243. The number of thiazole rings is 2. The summed E-state index contributed by atoms with van der Waals surface area (Å²) in [5, 5.41) is 10.9. The van der Waals surface area contributed by atoms with Gasteiger partial charge in [-0.05, 0) is 13.8 Å². The molecule has 0 radical (unpaired) electrons. The van der Waals surface area contributed by atoms with E-state index in [1.165, 1.54) is 4.88 Å². The minimum atomic E-state index is 0. The van der Waals surface area contributed by atoms with E-state index < -0.39 is 0 Å². The van der Waals surface area contributed by atoms with Crippen LogP contribution < -0.4 is 10.6 Å². The van der Waals surface area contributed by atoms with Gasteiger partial charge in [0.15, 0.2) is 5.96 Å². The van der Waals surface area contributed by atoms with E-state index in [2.05, 4.69) is 43.1 Å². The Morgan fingerprint density at radius 2 is 1.81 bits per heavy atom. The molecule has 2 heterocycles. The van der Waals surface area contributed by atoms with Crippen molar-refractivity contribution in [2.24, 2.45) is 4.99 Å². The molecule has 0 saturated heterocycles. The molecule has 0 aliphatic carbocycles. The minimum absolute atomic E-state index is 0. The van der Waals surface area contributed by atoms with E-state index >= 15 is 0 Å². The number of aryl methyl sites for hydroxylation is 2. The molecule has 26 heavy (non-hydrogen) atoms. The standard InChI is InChI=1S/C18H21N5S2.HI/c1-12-16(25-13(2)22-12)9-20-18(19-3)21-10-17-23-15(11-24-17)14-7-5-4-6-8-14;/h4-8,11H,9-10H2,1-3H3,(H2,19,20,21);1H. The number of aliphatic imine (C=N–C) groups is 1. The second kappa shape index (κ2) is 9.98. The van der Waals surface area contributed by atoms with Crippen molar-refractivity contribution in [3.63, 3.8) is 0 Å². The SMILES string of the molecule is CN=C(NCc1nc(-c2ccccc2)cs1)NCc1sc(C)nc1C.I. The summed E-state index contributed by atoms with van der Waals surface area (Å²) in [5.74, 6) is 0.766. The third-order valence-corrected chi connectivity index (χ3v) is 5.59. The van der Waals surface area contributed by atoms with Crippen molar-refractivity contribution in [1.29, 1.82) is 0 Å². The number of nitrogens with zero attached hydrogens (tertiary/aromatic N) is 3. The maximum atomic E-state index is 4.69. The maximum Gasteiger partial charge on any atom is 0.191 e. The zero-order valence-corrected chi connectivity index (χ0v) is 18.9. The van der Waals surface area contributed by atoms with Crippen molar-refractivity contribution in [2.75, 3.05) is 7.05 Å². The van der Waals surface area contributed by atoms with E-state index in [9.17, 15) is 0 Å². The molecule has 5 nitrogen and oxygen atoms in total. The fourth-order valence-corrected chi connectivity index (χ4v) is 4.03. The van der Waals surface area contributed by atoms with E-state index in [0.29, 0.717) is 6.54 Å². The summed E-state index contributed by atoms with van der Waals surface area (Å²) in [5.41, 5.74) is 3.24. The molecule has 138 valence electrons. The van der Waals surface area contributed by atoms with Gasteiger partial charge in [-0.2, -0.15) is 0 Å². The lowest BCUT2D eigenvalue weighted by Crippen LogP contribution is -2.36. The van der Waals surface area contributed by atoms with Crippen LogP contribution in [0.15, 0.2) is 40.7 Å². The van der Waals surface area contributed by atoms with Crippen LogP contribution in [0.25, 0.3) is 11.3 Å². The van der Waals surface area contributed by atoms with Crippen LogP contribution in [0.3, 0.4) is 0 Å². The first-order valence-corrected chi connectivity index (χ1v) is 9.72. The molecule has 2 aromatic heterocycles. The lowest BCUT2D eigenvalue weighted by molar-refractivity contribution is 0.808. The monoisotopic (exact) mass is 499 g/mol. The molecule has 0 bridgehead atoms. The van der Waals surface area contributed by atoms with Gasteiger partial charge in [-0.15, -0.1) is 46.7 Å². The predicted molar refractivity (Wildman–Crippen MR) is 122 cm³/mol. The summed E-state index contributed by atoms with van der Waals surface area (Å²) < 4.78 is 0. The van der Waals surface area contributed by atoms with E-state index in [4.69, 9.17) is 0 Å².